The van der Waals surface area contributed by atoms with E-state index in [2.05, 4.69) is 19.1 Å². The fourth-order valence-corrected chi connectivity index (χ4v) is 2.85. The Kier molecular flexibility index (Phi) is 16.3. The smallest absolute Gasteiger partial charge is 0.322 e. The Balaban J connectivity index is 3.32. The van der Waals surface area contributed by atoms with E-state index < -0.39 is 12.1 Å². The van der Waals surface area contributed by atoms with Crippen molar-refractivity contribution < 1.29 is 9.59 Å². The number of amides is 4. The van der Waals surface area contributed by atoms with Gasteiger partial charge in [-0.1, -0.05) is 76.9 Å². The molecule has 4 N–H and O–H groups in total. The average Bonchev–Trinajstić information content (AvgIpc) is 2.57. The summed E-state index contributed by atoms with van der Waals surface area (Å²) in [5, 5.41) is 0. The van der Waals surface area contributed by atoms with E-state index in [-0.39, 0.29) is 0 Å². The Morgan fingerprint density at radius 2 is 1.08 bits per heavy atom. The predicted molar refractivity (Wildman–Crippen MR) is 105 cm³/mol. The van der Waals surface area contributed by atoms with Gasteiger partial charge in [-0.3, -0.25) is 0 Å². The van der Waals surface area contributed by atoms with Gasteiger partial charge in [-0.2, -0.15) is 0 Å². The second-order valence-electron chi connectivity index (χ2n) is 6.77. The van der Waals surface area contributed by atoms with Crippen molar-refractivity contribution in [3.8, 4) is 0 Å². The second kappa shape index (κ2) is 17.3. The molecule has 4 amide bonds. The van der Waals surface area contributed by atoms with Crippen LogP contribution in [0.2, 0.25) is 0 Å². The molecule has 0 rings (SSSR count). The van der Waals surface area contributed by atoms with E-state index in [1.54, 1.807) is 0 Å². The molecule has 0 aromatic carbocycles. The first-order valence-electron chi connectivity index (χ1n) is 10.1. The number of hydrogen-bond acceptors (Lipinski definition) is 2. The molecule has 0 aromatic heterocycles. The number of carbonyl (C=O) groups is 2. The zero-order valence-corrected chi connectivity index (χ0v) is 16.2. The Labute approximate surface area is 154 Å². The lowest BCUT2D eigenvalue weighted by molar-refractivity contribution is 0.196. The number of nitrogens with zero attached hydrogens (tertiary/aromatic N) is 1. The highest BCUT2D eigenvalue weighted by Gasteiger charge is 2.14. The van der Waals surface area contributed by atoms with Crippen LogP contribution in [0.4, 0.5) is 9.59 Å². The second-order valence-corrected chi connectivity index (χ2v) is 6.77. The fraction of sp³-hybridized carbons (Fsp3) is 0.800. The van der Waals surface area contributed by atoms with Gasteiger partial charge in [-0.15, -0.1) is 0 Å². The third-order valence-corrected chi connectivity index (χ3v) is 4.43. The van der Waals surface area contributed by atoms with Crippen LogP contribution in [0, 0.1) is 0 Å². The van der Waals surface area contributed by atoms with Crippen LogP contribution in [0.15, 0.2) is 12.2 Å². The third kappa shape index (κ3) is 15.7. The van der Waals surface area contributed by atoms with Crippen LogP contribution in [0.5, 0.6) is 0 Å². The highest BCUT2D eigenvalue weighted by atomic mass is 16.2. The van der Waals surface area contributed by atoms with E-state index >= 15 is 0 Å². The molecule has 0 unspecified atom stereocenters. The molecule has 0 spiro atoms. The van der Waals surface area contributed by atoms with Crippen molar-refractivity contribution in [2.45, 2.75) is 96.8 Å². The number of allylic oxidation sites excluding steroid dienone is 2. The Morgan fingerprint density at radius 1 is 0.680 bits per heavy atom. The quantitative estimate of drug-likeness (QED) is 0.284. The van der Waals surface area contributed by atoms with Crippen LogP contribution in [0.25, 0.3) is 0 Å². The molecule has 0 fully saturated rings. The minimum absolute atomic E-state index is 0.325. The Bertz CT molecular complexity index is 356. The largest absolute Gasteiger partial charge is 0.351 e. The zero-order chi connectivity index (χ0) is 18.8. The predicted octanol–water partition coefficient (Wildman–Crippen LogP) is 5.48. The van der Waals surface area contributed by atoms with E-state index in [1.807, 2.05) is 0 Å². The Morgan fingerprint density at radius 3 is 1.52 bits per heavy atom. The van der Waals surface area contributed by atoms with Gasteiger partial charge in [-0.05, 0) is 32.1 Å². The zero-order valence-electron chi connectivity index (χ0n) is 16.2. The topological polar surface area (TPSA) is 89.4 Å². The molecule has 25 heavy (non-hydrogen) atoms. The van der Waals surface area contributed by atoms with Crippen molar-refractivity contribution in [2.75, 3.05) is 6.54 Å². The number of primary amides is 2. The van der Waals surface area contributed by atoms with Crippen molar-refractivity contribution in [3.05, 3.63) is 12.2 Å². The lowest BCUT2D eigenvalue weighted by atomic mass is 10.1. The van der Waals surface area contributed by atoms with Crippen LogP contribution < -0.4 is 11.5 Å². The summed E-state index contributed by atoms with van der Waals surface area (Å²) in [5.74, 6) is 0. The number of urea groups is 2. The van der Waals surface area contributed by atoms with Crippen LogP contribution in [0.3, 0.4) is 0 Å². The van der Waals surface area contributed by atoms with Crippen molar-refractivity contribution in [1.29, 1.82) is 0 Å². The van der Waals surface area contributed by atoms with Crippen LogP contribution in [-0.2, 0) is 0 Å². The highest BCUT2D eigenvalue weighted by Crippen LogP contribution is 2.10. The number of unbranched alkanes of at least 4 members (excludes halogenated alkanes) is 12. The third-order valence-electron chi connectivity index (χ3n) is 4.43. The first-order valence-corrected chi connectivity index (χ1v) is 10.1. The van der Waals surface area contributed by atoms with Gasteiger partial charge in [0.25, 0.3) is 0 Å². The first-order chi connectivity index (χ1) is 12.1. The molecule has 146 valence electrons. The van der Waals surface area contributed by atoms with Crippen molar-refractivity contribution in [1.82, 2.24) is 4.90 Å². The first kappa shape index (κ1) is 23.5. The van der Waals surface area contributed by atoms with E-state index in [0.29, 0.717) is 6.54 Å². The van der Waals surface area contributed by atoms with E-state index in [1.165, 1.54) is 70.6 Å². The molecule has 0 heterocycles. The molecule has 0 aliphatic heterocycles. The van der Waals surface area contributed by atoms with E-state index in [4.69, 9.17) is 11.5 Å². The standard InChI is InChI=1S/C20H39N3O2/c1-2-3-4-5-6-7-8-9-10-11-12-13-14-15-16-17-18-23(19(21)24)20(22)25/h9-10H,2-8,11-18H2,1H3,(H2,21,24)(H2,22,25). The van der Waals surface area contributed by atoms with Crippen molar-refractivity contribution in [2.24, 2.45) is 11.5 Å². The van der Waals surface area contributed by atoms with Gasteiger partial charge < -0.3 is 11.5 Å². The molecule has 0 radical (unpaired) electrons. The van der Waals surface area contributed by atoms with Crippen LogP contribution in [-0.4, -0.2) is 23.5 Å². The van der Waals surface area contributed by atoms with Gasteiger partial charge in [0, 0.05) is 6.54 Å². The molecule has 0 aromatic rings. The number of nitrogens with two attached hydrogens (primary N) is 2. The highest BCUT2D eigenvalue weighted by molar-refractivity contribution is 5.91. The molecule has 5 nitrogen and oxygen atoms in total. The number of carbonyl (C=O) groups excluding carboxylic acids is 2. The van der Waals surface area contributed by atoms with Gasteiger partial charge >= 0.3 is 12.1 Å². The molecular weight excluding hydrogens is 314 g/mol. The summed E-state index contributed by atoms with van der Waals surface area (Å²) in [5.41, 5.74) is 10.2. The summed E-state index contributed by atoms with van der Waals surface area (Å²) < 4.78 is 0. The fourth-order valence-electron chi connectivity index (χ4n) is 2.85. The molecular formula is C20H39N3O2. The molecule has 5 heteroatoms. The van der Waals surface area contributed by atoms with Gasteiger partial charge in [0.1, 0.15) is 0 Å². The maximum atomic E-state index is 11.0. The molecule has 0 saturated carbocycles. The van der Waals surface area contributed by atoms with Crippen LogP contribution in [0.1, 0.15) is 96.8 Å². The minimum atomic E-state index is -0.764. The maximum Gasteiger partial charge on any atom is 0.322 e. The minimum Gasteiger partial charge on any atom is -0.351 e. The van der Waals surface area contributed by atoms with Crippen LogP contribution >= 0.6 is 0 Å². The lowest BCUT2D eigenvalue weighted by Gasteiger charge is -2.15. The van der Waals surface area contributed by atoms with Gasteiger partial charge in [-0.25, -0.2) is 14.5 Å². The summed E-state index contributed by atoms with van der Waals surface area (Å²) in [7, 11) is 0. The van der Waals surface area contributed by atoms with E-state index in [9.17, 15) is 9.59 Å². The normalized spacial score (nSPS) is 11.1. The van der Waals surface area contributed by atoms with E-state index in [0.717, 1.165) is 24.2 Å². The lowest BCUT2D eigenvalue weighted by Crippen LogP contribution is -2.44. The SMILES string of the molecule is CCCCCCCCC=CCCCCCCCCN(C(N)=O)C(N)=O. The van der Waals surface area contributed by atoms with Crippen molar-refractivity contribution in [3.63, 3.8) is 0 Å². The summed E-state index contributed by atoms with van der Waals surface area (Å²) in [6, 6.07) is -1.53. The number of imide groups is 1. The van der Waals surface area contributed by atoms with Gasteiger partial charge in [0.15, 0.2) is 0 Å². The monoisotopic (exact) mass is 353 g/mol. The number of rotatable bonds is 16. The van der Waals surface area contributed by atoms with Crippen molar-refractivity contribution >= 4 is 12.1 Å². The molecule has 0 bridgehead atoms. The Hall–Kier alpha value is -1.52. The average molecular weight is 354 g/mol. The molecule has 0 saturated heterocycles. The molecule has 0 aliphatic rings. The number of hydrogen-bond donors (Lipinski definition) is 2. The molecule has 0 aliphatic carbocycles. The summed E-state index contributed by atoms with van der Waals surface area (Å²) in [4.78, 5) is 22.8. The summed E-state index contributed by atoms with van der Waals surface area (Å²) in [6.07, 6.45) is 21.8. The van der Waals surface area contributed by atoms with Gasteiger partial charge in [0.05, 0.1) is 0 Å². The molecule has 0 atom stereocenters. The van der Waals surface area contributed by atoms with Gasteiger partial charge in [0.2, 0.25) is 0 Å². The maximum absolute atomic E-state index is 11.0. The summed E-state index contributed by atoms with van der Waals surface area (Å²) >= 11 is 0. The summed E-state index contributed by atoms with van der Waals surface area (Å²) in [6.45, 7) is 2.58.